The molecule has 0 aliphatic rings. The summed E-state index contributed by atoms with van der Waals surface area (Å²) >= 11 is 0. The molecule has 0 aliphatic carbocycles. The maximum atomic E-state index is 12.0. The van der Waals surface area contributed by atoms with Crippen molar-refractivity contribution in [2.45, 2.75) is 38.5 Å². The fraction of sp³-hybridized carbons (Fsp3) is 0.412. The van der Waals surface area contributed by atoms with Crippen LogP contribution < -0.4 is 5.32 Å². The van der Waals surface area contributed by atoms with Gasteiger partial charge in [-0.25, -0.2) is 0 Å². The largest absolute Gasteiger partial charge is 0.481 e. The second-order valence-corrected chi connectivity index (χ2v) is 5.89. The van der Waals surface area contributed by atoms with Gasteiger partial charge in [0, 0.05) is 42.2 Å². The topological polar surface area (TPSA) is 125 Å². The number of H-pyrrole nitrogens is 1. The van der Waals surface area contributed by atoms with Crippen molar-refractivity contribution in [1.29, 1.82) is 0 Å². The first-order valence-electron chi connectivity index (χ1n) is 8.20. The number of fused-ring (bicyclic) bond motifs is 1. The SMILES string of the molecule is O=C(O)CCCCCCNC(=O)Cc1c[nH]c2ccc([N+](=O)[O-])cc12. The first-order valence-corrected chi connectivity index (χ1v) is 8.20. The third-order valence-electron chi connectivity index (χ3n) is 3.95. The Labute approximate surface area is 144 Å². The predicted molar refractivity (Wildman–Crippen MR) is 92.4 cm³/mol. The molecule has 0 fully saturated rings. The van der Waals surface area contributed by atoms with Crippen LogP contribution in [0.15, 0.2) is 24.4 Å². The van der Waals surface area contributed by atoms with Crippen molar-refractivity contribution in [2.75, 3.05) is 6.54 Å². The standard InChI is InChI=1S/C17H21N3O5/c21-16(18-8-4-2-1-3-5-17(22)23)9-12-11-19-15-7-6-13(20(24)25)10-14(12)15/h6-7,10-11,19H,1-5,8-9H2,(H,18,21)(H,22,23). The second kappa shape index (κ2) is 8.81. The number of aliphatic carboxylic acids is 1. The van der Waals surface area contributed by atoms with Gasteiger partial charge in [-0.15, -0.1) is 0 Å². The number of carboxylic acids is 1. The third kappa shape index (κ3) is 5.59. The summed E-state index contributed by atoms with van der Waals surface area (Å²) < 4.78 is 0. The zero-order valence-corrected chi connectivity index (χ0v) is 13.8. The summed E-state index contributed by atoms with van der Waals surface area (Å²) in [5, 5.41) is 22.9. The molecule has 25 heavy (non-hydrogen) atoms. The molecule has 0 saturated carbocycles. The number of rotatable bonds is 10. The van der Waals surface area contributed by atoms with Crippen LogP contribution in [0.4, 0.5) is 5.69 Å². The van der Waals surface area contributed by atoms with Crippen LogP contribution in [0, 0.1) is 10.1 Å². The minimum atomic E-state index is -0.785. The Morgan fingerprint density at radius 1 is 1.20 bits per heavy atom. The van der Waals surface area contributed by atoms with Gasteiger partial charge in [0.05, 0.1) is 11.3 Å². The lowest BCUT2D eigenvalue weighted by molar-refractivity contribution is -0.384. The summed E-state index contributed by atoms with van der Waals surface area (Å²) in [5.41, 5.74) is 1.47. The van der Waals surface area contributed by atoms with Crippen molar-refractivity contribution in [1.82, 2.24) is 10.3 Å². The first kappa shape index (κ1) is 18.4. The van der Waals surface area contributed by atoms with Crippen molar-refractivity contribution >= 4 is 28.5 Å². The number of unbranched alkanes of at least 4 members (excludes halogenated alkanes) is 3. The van der Waals surface area contributed by atoms with Gasteiger partial charge in [-0.2, -0.15) is 0 Å². The Bertz CT molecular complexity index is 769. The van der Waals surface area contributed by atoms with E-state index in [9.17, 15) is 19.7 Å². The van der Waals surface area contributed by atoms with E-state index in [2.05, 4.69) is 10.3 Å². The lowest BCUT2D eigenvalue weighted by atomic mass is 10.1. The Morgan fingerprint density at radius 3 is 2.68 bits per heavy atom. The number of nitro benzene ring substituents is 1. The highest BCUT2D eigenvalue weighted by atomic mass is 16.6. The summed E-state index contributed by atoms with van der Waals surface area (Å²) in [4.78, 5) is 35.8. The molecule has 0 bridgehead atoms. The van der Waals surface area contributed by atoms with Crippen molar-refractivity contribution in [3.05, 3.63) is 40.1 Å². The summed E-state index contributed by atoms with van der Waals surface area (Å²) in [6, 6.07) is 4.52. The van der Waals surface area contributed by atoms with Crippen LogP contribution in [0.25, 0.3) is 10.9 Å². The zero-order chi connectivity index (χ0) is 18.2. The molecule has 1 heterocycles. The smallest absolute Gasteiger partial charge is 0.303 e. The lowest BCUT2D eigenvalue weighted by Crippen LogP contribution is -2.26. The molecule has 1 amide bonds. The summed E-state index contributed by atoms with van der Waals surface area (Å²) in [5.74, 6) is -0.926. The third-order valence-corrected chi connectivity index (χ3v) is 3.95. The Balaban J connectivity index is 1.79. The van der Waals surface area contributed by atoms with Crippen molar-refractivity contribution in [3.63, 3.8) is 0 Å². The van der Waals surface area contributed by atoms with Gasteiger partial charge >= 0.3 is 5.97 Å². The molecule has 0 spiro atoms. The molecule has 134 valence electrons. The van der Waals surface area contributed by atoms with Crippen molar-refractivity contribution in [2.24, 2.45) is 0 Å². The van der Waals surface area contributed by atoms with Crippen LogP contribution in [-0.2, 0) is 16.0 Å². The normalized spacial score (nSPS) is 10.7. The second-order valence-electron chi connectivity index (χ2n) is 5.89. The van der Waals surface area contributed by atoms with Crippen LogP contribution in [0.3, 0.4) is 0 Å². The van der Waals surface area contributed by atoms with Crippen LogP contribution >= 0.6 is 0 Å². The molecule has 0 atom stereocenters. The highest BCUT2D eigenvalue weighted by Crippen LogP contribution is 2.23. The fourth-order valence-corrected chi connectivity index (χ4v) is 2.64. The average molecular weight is 347 g/mol. The van der Waals surface area contributed by atoms with Gasteiger partial charge in [0.1, 0.15) is 0 Å². The lowest BCUT2D eigenvalue weighted by Gasteiger charge is -2.05. The molecule has 8 heteroatoms. The summed E-state index contributed by atoms with van der Waals surface area (Å²) in [6.07, 6.45) is 5.17. The van der Waals surface area contributed by atoms with Gasteiger partial charge in [-0.1, -0.05) is 12.8 Å². The molecule has 0 aliphatic heterocycles. The van der Waals surface area contributed by atoms with Crippen molar-refractivity contribution in [3.8, 4) is 0 Å². The number of carbonyl (C=O) groups excluding carboxylic acids is 1. The van der Waals surface area contributed by atoms with E-state index in [0.29, 0.717) is 18.4 Å². The number of nitro groups is 1. The maximum Gasteiger partial charge on any atom is 0.303 e. The Kier molecular flexibility index (Phi) is 6.50. The minimum absolute atomic E-state index is 0.00452. The Morgan fingerprint density at radius 2 is 1.96 bits per heavy atom. The summed E-state index contributed by atoms with van der Waals surface area (Å²) in [6.45, 7) is 0.536. The van der Waals surface area contributed by atoms with E-state index >= 15 is 0 Å². The minimum Gasteiger partial charge on any atom is -0.481 e. The number of non-ortho nitro benzene ring substituents is 1. The molecule has 0 radical (unpaired) electrons. The van der Waals surface area contributed by atoms with Gasteiger partial charge in [0.2, 0.25) is 5.91 Å². The molecule has 2 aromatic rings. The summed E-state index contributed by atoms with van der Waals surface area (Å²) in [7, 11) is 0. The molecule has 8 nitrogen and oxygen atoms in total. The highest BCUT2D eigenvalue weighted by Gasteiger charge is 2.12. The quantitative estimate of drug-likeness (QED) is 0.346. The number of nitrogens with zero attached hydrogens (tertiary/aromatic N) is 1. The number of hydrogen-bond donors (Lipinski definition) is 3. The number of aromatic amines is 1. The van der Waals surface area contributed by atoms with Gasteiger partial charge in [-0.05, 0) is 24.5 Å². The van der Waals surface area contributed by atoms with Crippen LogP contribution in [0.5, 0.6) is 0 Å². The predicted octanol–water partition coefficient (Wildman–Crippen LogP) is 2.77. The van der Waals surface area contributed by atoms with Crippen LogP contribution in [0.2, 0.25) is 0 Å². The van der Waals surface area contributed by atoms with E-state index in [0.717, 1.165) is 30.3 Å². The first-order chi connectivity index (χ1) is 12.0. The van der Waals surface area contributed by atoms with E-state index in [1.165, 1.54) is 12.1 Å². The van der Waals surface area contributed by atoms with E-state index in [-0.39, 0.29) is 24.4 Å². The van der Waals surface area contributed by atoms with Crippen LogP contribution in [-0.4, -0.2) is 33.4 Å². The molecule has 1 aromatic heterocycles. The van der Waals surface area contributed by atoms with Gasteiger partial charge < -0.3 is 15.4 Å². The molecular weight excluding hydrogens is 326 g/mol. The van der Waals surface area contributed by atoms with E-state index in [1.807, 2.05) is 0 Å². The fourth-order valence-electron chi connectivity index (χ4n) is 2.64. The molecule has 2 rings (SSSR count). The average Bonchev–Trinajstić information content (AvgIpc) is 2.95. The zero-order valence-electron chi connectivity index (χ0n) is 13.8. The molecule has 0 saturated heterocycles. The molecule has 3 N–H and O–H groups in total. The number of carbonyl (C=O) groups is 2. The van der Waals surface area contributed by atoms with Gasteiger partial charge in [0.15, 0.2) is 0 Å². The van der Waals surface area contributed by atoms with E-state index in [1.54, 1.807) is 12.3 Å². The van der Waals surface area contributed by atoms with Crippen LogP contribution in [0.1, 0.15) is 37.7 Å². The number of benzene rings is 1. The highest BCUT2D eigenvalue weighted by molar-refractivity contribution is 5.90. The van der Waals surface area contributed by atoms with Crippen molar-refractivity contribution < 1.29 is 19.6 Å². The van der Waals surface area contributed by atoms with Gasteiger partial charge in [0.25, 0.3) is 5.69 Å². The molecule has 0 unspecified atom stereocenters. The molecule has 1 aromatic carbocycles. The van der Waals surface area contributed by atoms with E-state index in [4.69, 9.17) is 5.11 Å². The Hall–Kier alpha value is -2.90. The van der Waals surface area contributed by atoms with Gasteiger partial charge in [-0.3, -0.25) is 19.7 Å². The number of carboxylic acid groups (broad SMARTS) is 1. The number of hydrogen-bond acceptors (Lipinski definition) is 4. The number of nitrogens with one attached hydrogen (secondary N) is 2. The monoisotopic (exact) mass is 347 g/mol. The number of amides is 1. The number of aromatic nitrogens is 1. The molecular formula is C17H21N3O5. The maximum absolute atomic E-state index is 12.0. The van der Waals surface area contributed by atoms with E-state index < -0.39 is 10.9 Å².